The molecule has 1 aromatic heterocycles. The van der Waals surface area contributed by atoms with Gasteiger partial charge in [0.1, 0.15) is 11.5 Å². The number of rotatable bonds is 6. The molecule has 0 saturated carbocycles. The number of benzene rings is 2. The van der Waals surface area contributed by atoms with E-state index in [-0.39, 0.29) is 0 Å². The SMILES string of the molecule is CCOc1ccc2c(c1)C(=NNc1c(Cl)cncc1Cl)c1cc(OCC)ccc1-2. The van der Waals surface area contributed by atoms with Crippen LogP contribution >= 0.6 is 23.2 Å². The van der Waals surface area contributed by atoms with Gasteiger partial charge in [0.15, 0.2) is 0 Å². The molecule has 0 unspecified atom stereocenters. The van der Waals surface area contributed by atoms with Gasteiger partial charge in [-0.2, -0.15) is 5.10 Å². The maximum Gasteiger partial charge on any atom is 0.119 e. The molecule has 4 rings (SSSR count). The minimum absolute atomic E-state index is 0.395. The lowest BCUT2D eigenvalue weighted by Crippen LogP contribution is -2.04. The lowest BCUT2D eigenvalue weighted by atomic mass is 10.1. The Kier molecular flexibility index (Phi) is 5.60. The summed E-state index contributed by atoms with van der Waals surface area (Å²) in [5.41, 5.74) is 8.38. The Morgan fingerprint density at radius 2 is 1.34 bits per heavy atom. The van der Waals surface area contributed by atoms with Gasteiger partial charge in [0, 0.05) is 23.5 Å². The van der Waals surface area contributed by atoms with E-state index in [2.05, 4.69) is 27.6 Å². The molecule has 7 heteroatoms. The van der Waals surface area contributed by atoms with Crippen LogP contribution in [0.15, 0.2) is 53.9 Å². The highest BCUT2D eigenvalue weighted by atomic mass is 35.5. The Bertz CT molecular complexity index is 1020. The van der Waals surface area contributed by atoms with Crippen LogP contribution in [-0.2, 0) is 0 Å². The topological polar surface area (TPSA) is 55.7 Å². The van der Waals surface area contributed by atoms with E-state index in [0.717, 1.165) is 39.5 Å². The first-order valence-corrected chi connectivity index (χ1v) is 10.1. The van der Waals surface area contributed by atoms with Crippen molar-refractivity contribution in [2.24, 2.45) is 5.10 Å². The number of hydrazone groups is 1. The number of ether oxygens (including phenoxy) is 2. The molecule has 0 bridgehead atoms. The van der Waals surface area contributed by atoms with Crippen LogP contribution < -0.4 is 14.9 Å². The molecule has 1 heterocycles. The van der Waals surface area contributed by atoms with Crippen molar-refractivity contribution < 1.29 is 9.47 Å². The number of pyridine rings is 1. The summed E-state index contributed by atoms with van der Waals surface area (Å²) in [6, 6.07) is 12.0. The van der Waals surface area contributed by atoms with E-state index in [9.17, 15) is 0 Å². The molecule has 0 saturated heterocycles. The van der Waals surface area contributed by atoms with Gasteiger partial charge < -0.3 is 9.47 Å². The smallest absolute Gasteiger partial charge is 0.119 e. The monoisotopic (exact) mass is 427 g/mol. The minimum atomic E-state index is 0.395. The van der Waals surface area contributed by atoms with E-state index in [1.165, 1.54) is 12.4 Å². The number of halogens is 2. The summed E-state index contributed by atoms with van der Waals surface area (Å²) in [5, 5.41) is 5.45. The zero-order valence-corrected chi connectivity index (χ0v) is 17.5. The zero-order valence-electron chi connectivity index (χ0n) is 16.0. The molecule has 1 aliphatic rings. The van der Waals surface area contributed by atoms with Gasteiger partial charge >= 0.3 is 0 Å². The molecule has 1 N–H and O–H groups in total. The number of nitrogens with one attached hydrogen (secondary N) is 1. The molecule has 0 spiro atoms. The lowest BCUT2D eigenvalue weighted by Gasteiger charge is -2.09. The molecule has 29 heavy (non-hydrogen) atoms. The van der Waals surface area contributed by atoms with Gasteiger partial charge in [-0.25, -0.2) is 0 Å². The first-order valence-electron chi connectivity index (χ1n) is 9.29. The van der Waals surface area contributed by atoms with Crippen LogP contribution in [0, 0.1) is 0 Å². The molecule has 2 aromatic carbocycles. The summed E-state index contributed by atoms with van der Waals surface area (Å²) >= 11 is 12.5. The fourth-order valence-corrected chi connectivity index (χ4v) is 3.77. The first-order chi connectivity index (χ1) is 14.1. The van der Waals surface area contributed by atoms with Gasteiger partial charge in [-0.1, -0.05) is 23.2 Å². The maximum absolute atomic E-state index is 6.23. The van der Waals surface area contributed by atoms with Gasteiger partial charge in [-0.05, 0) is 61.4 Å². The third-order valence-corrected chi connectivity index (χ3v) is 5.11. The second kappa shape index (κ2) is 8.31. The van der Waals surface area contributed by atoms with Crippen LogP contribution in [0.4, 0.5) is 5.69 Å². The van der Waals surface area contributed by atoms with Crippen LogP contribution in [0.2, 0.25) is 10.0 Å². The van der Waals surface area contributed by atoms with Crippen LogP contribution in [0.3, 0.4) is 0 Å². The number of aromatic nitrogens is 1. The molecule has 5 nitrogen and oxygen atoms in total. The Hall–Kier alpha value is -2.76. The number of anilines is 1. The summed E-state index contributed by atoms with van der Waals surface area (Å²) in [5.74, 6) is 1.58. The third-order valence-electron chi connectivity index (χ3n) is 4.54. The zero-order chi connectivity index (χ0) is 20.4. The molecule has 148 valence electrons. The number of hydrogen-bond acceptors (Lipinski definition) is 5. The predicted molar refractivity (Wildman–Crippen MR) is 118 cm³/mol. The average molecular weight is 428 g/mol. The molecule has 3 aromatic rings. The molecule has 0 fully saturated rings. The predicted octanol–water partition coefficient (Wildman–Crippen LogP) is 6.03. The quantitative estimate of drug-likeness (QED) is 0.381. The van der Waals surface area contributed by atoms with E-state index in [1.807, 2.05) is 38.1 Å². The lowest BCUT2D eigenvalue weighted by molar-refractivity contribution is 0.340. The number of fused-ring (bicyclic) bond motifs is 3. The van der Waals surface area contributed by atoms with E-state index in [0.29, 0.717) is 28.9 Å². The van der Waals surface area contributed by atoms with Gasteiger partial charge in [0.25, 0.3) is 0 Å². The maximum atomic E-state index is 6.23. The van der Waals surface area contributed by atoms with Crippen LogP contribution in [0.25, 0.3) is 11.1 Å². The van der Waals surface area contributed by atoms with Gasteiger partial charge in [-0.15, -0.1) is 0 Å². The molecular weight excluding hydrogens is 409 g/mol. The summed E-state index contributed by atoms with van der Waals surface area (Å²) in [6.07, 6.45) is 3.04. The van der Waals surface area contributed by atoms with Crippen molar-refractivity contribution in [1.29, 1.82) is 0 Å². The highest BCUT2D eigenvalue weighted by Crippen LogP contribution is 2.41. The van der Waals surface area contributed by atoms with E-state index >= 15 is 0 Å². The summed E-state index contributed by atoms with van der Waals surface area (Å²) in [4.78, 5) is 3.97. The van der Waals surface area contributed by atoms with Crippen molar-refractivity contribution >= 4 is 34.6 Å². The Morgan fingerprint density at radius 3 is 1.83 bits per heavy atom. The number of hydrogen-bond donors (Lipinski definition) is 1. The Labute approximate surface area is 179 Å². The molecule has 0 aliphatic heterocycles. The number of nitrogens with zero attached hydrogens (tertiary/aromatic N) is 2. The van der Waals surface area contributed by atoms with Gasteiger partial charge in [0.2, 0.25) is 0 Å². The standard InChI is InChI=1S/C22H19Cl2N3O2/c1-3-28-13-5-7-15-16-8-6-14(29-4-2)10-18(16)21(17(15)9-13)26-27-22-19(23)11-25-12-20(22)24/h5-12H,3-4H2,1-2H3,(H,25,27). The normalized spacial score (nSPS) is 11.7. The largest absolute Gasteiger partial charge is 0.494 e. The summed E-state index contributed by atoms with van der Waals surface area (Å²) in [7, 11) is 0. The fourth-order valence-electron chi connectivity index (χ4n) is 3.32. The second-order valence-corrected chi connectivity index (χ2v) is 7.15. The average Bonchev–Trinajstić information content (AvgIpc) is 3.01. The summed E-state index contributed by atoms with van der Waals surface area (Å²) < 4.78 is 11.4. The summed E-state index contributed by atoms with van der Waals surface area (Å²) in [6.45, 7) is 5.10. The molecule has 0 radical (unpaired) electrons. The Morgan fingerprint density at radius 1 is 0.828 bits per heavy atom. The van der Waals surface area contributed by atoms with E-state index in [4.69, 9.17) is 32.7 Å². The van der Waals surface area contributed by atoms with Crippen LogP contribution in [-0.4, -0.2) is 23.9 Å². The van der Waals surface area contributed by atoms with Crippen LogP contribution in [0.1, 0.15) is 25.0 Å². The van der Waals surface area contributed by atoms with Crippen molar-refractivity contribution in [1.82, 2.24) is 4.98 Å². The fraction of sp³-hybridized carbons (Fsp3) is 0.182. The van der Waals surface area contributed by atoms with Crippen molar-refractivity contribution in [3.63, 3.8) is 0 Å². The second-order valence-electron chi connectivity index (χ2n) is 6.33. The van der Waals surface area contributed by atoms with Gasteiger partial charge in [-0.3, -0.25) is 10.4 Å². The highest BCUT2D eigenvalue weighted by molar-refractivity contribution is 6.38. The molecule has 1 aliphatic carbocycles. The van der Waals surface area contributed by atoms with Crippen molar-refractivity contribution in [2.45, 2.75) is 13.8 Å². The molecular formula is C22H19Cl2N3O2. The van der Waals surface area contributed by atoms with Gasteiger partial charge in [0.05, 0.1) is 34.7 Å². The molecule has 0 atom stereocenters. The highest BCUT2D eigenvalue weighted by Gasteiger charge is 2.26. The van der Waals surface area contributed by atoms with Crippen LogP contribution in [0.5, 0.6) is 11.5 Å². The van der Waals surface area contributed by atoms with E-state index < -0.39 is 0 Å². The molecule has 0 amide bonds. The van der Waals surface area contributed by atoms with E-state index in [1.54, 1.807) is 0 Å². The van der Waals surface area contributed by atoms with Crippen molar-refractivity contribution in [3.8, 4) is 22.6 Å². The Balaban J connectivity index is 1.83. The van der Waals surface area contributed by atoms with Crippen molar-refractivity contribution in [3.05, 3.63) is 70.0 Å². The van der Waals surface area contributed by atoms with Crippen molar-refractivity contribution in [2.75, 3.05) is 18.6 Å². The third kappa shape index (κ3) is 3.76. The first kappa shape index (κ1) is 19.6. The minimum Gasteiger partial charge on any atom is -0.494 e.